The van der Waals surface area contributed by atoms with E-state index in [0.29, 0.717) is 30.8 Å². The molecule has 0 spiro atoms. The molecule has 0 radical (unpaired) electrons. The van der Waals surface area contributed by atoms with Gasteiger partial charge in [0.05, 0.1) is 35.6 Å². The Morgan fingerprint density at radius 1 is 0.970 bits per heavy atom. The number of nitrogens with zero attached hydrogens (tertiary/aromatic N) is 2. The zero-order valence-corrected chi connectivity index (χ0v) is 18.3. The zero-order chi connectivity index (χ0) is 22.6. The number of hydrogen-bond acceptors (Lipinski definition) is 4. The smallest absolute Gasteiger partial charge is 0.326 e. The molecule has 2 heterocycles. The quantitative estimate of drug-likeness (QED) is 0.478. The molecule has 0 aliphatic carbocycles. The highest BCUT2D eigenvalue weighted by molar-refractivity contribution is 6.07. The van der Waals surface area contributed by atoms with E-state index in [-0.39, 0.29) is 11.6 Å². The Kier molecular flexibility index (Phi) is 5.95. The number of carbonyl (C=O) groups excluding carboxylic acids is 1. The van der Waals surface area contributed by atoms with Crippen LogP contribution in [0.2, 0.25) is 0 Å². The third kappa shape index (κ3) is 4.54. The summed E-state index contributed by atoms with van der Waals surface area (Å²) in [6, 6.07) is 23.2. The molecule has 0 bridgehead atoms. The number of para-hydroxylation sites is 2. The lowest BCUT2D eigenvalue weighted by Gasteiger charge is -2.30. The van der Waals surface area contributed by atoms with Crippen molar-refractivity contribution in [3.05, 3.63) is 94.4 Å². The van der Waals surface area contributed by atoms with E-state index >= 15 is 0 Å². The summed E-state index contributed by atoms with van der Waals surface area (Å²) in [7, 11) is 0. The van der Waals surface area contributed by atoms with E-state index in [2.05, 4.69) is 27.3 Å². The van der Waals surface area contributed by atoms with Crippen LogP contribution in [0.5, 0.6) is 0 Å². The van der Waals surface area contributed by atoms with Crippen LogP contribution >= 0.6 is 0 Å². The van der Waals surface area contributed by atoms with Crippen molar-refractivity contribution in [2.24, 2.45) is 0 Å². The number of aromatic nitrogens is 2. The van der Waals surface area contributed by atoms with Crippen molar-refractivity contribution >= 4 is 28.3 Å². The molecule has 33 heavy (non-hydrogen) atoms. The van der Waals surface area contributed by atoms with Crippen LogP contribution in [-0.2, 0) is 17.7 Å². The van der Waals surface area contributed by atoms with E-state index in [1.54, 1.807) is 16.7 Å². The Morgan fingerprint density at radius 3 is 2.55 bits per heavy atom. The normalized spacial score (nSPS) is 13.9. The minimum Gasteiger partial charge on any atom is -0.378 e. The maximum Gasteiger partial charge on any atom is 0.326 e. The summed E-state index contributed by atoms with van der Waals surface area (Å²) >= 11 is 0. The first kappa shape index (κ1) is 21.0. The lowest BCUT2D eigenvalue weighted by Crippen LogP contribution is -2.36. The summed E-state index contributed by atoms with van der Waals surface area (Å²) < 4.78 is 7.17. The van der Waals surface area contributed by atoms with Gasteiger partial charge in [-0.25, -0.2) is 4.79 Å². The number of H-pyrrole nitrogens is 1. The Balaban J connectivity index is 1.35. The van der Waals surface area contributed by atoms with Gasteiger partial charge in [-0.2, -0.15) is 0 Å². The second-order valence-electron chi connectivity index (χ2n) is 8.12. The molecule has 1 amide bonds. The monoisotopic (exact) mass is 442 g/mol. The number of imidazole rings is 1. The molecule has 1 aromatic heterocycles. The van der Waals surface area contributed by atoms with Crippen LogP contribution in [0.4, 0.5) is 11.4 Å². The molecule has 0 saturated carbocycles. The summed E-state index contributed by atoms with van der Waals surface area (Å²) in [5.74, 6) is -0.213. The molecule has 1 aliphatic rings. The van der Waals surface area contributed by atoms with E-state index in [4.69, 9.17) is 4.74 Å². The topological polar surface area (TPSA) is 79.4 Å². The van der Waals surface area contributed by atoms with Gasteiger partial charge in [-0.1, -0.05) is 42.5 Å². The summed E-state index contributed by atoms with van der Waals surface area (Å²) in [5.41, 5.74) is 4.69. The van der Waals surface area contributed by atoms with Crippen LogP contribution in [0.3, 0.4) is 0 Å². The Bertz CT molecular complexity index is 1320. The fourth-order valence-electron chi connectivity index (χ4n) is 4.27. The van der Waals surface area contributed by atoms with Crippen LogP contribution in [0.25, 0.3) is 11.0 Å². The molecule has 3 aromatic carbocycles. The second kappa shape index (κ2) is 9.34. The van der Waals surface area contributed by atoms with E-state index in [1.807, 2.05) is 48.5 Å². The van der Waals surface area contributed by atoms with Crippen molar-refractivity contribution in [3.63, 3.8) is 0 Å². The van der Waals surface area contributed by atoms with Crippen molar-refractivity contribution < 1.29 is 9.53 Å². The SMILES string of the molecule is O=C(Nc1ccccc1N1CCOCC1)c1ccc2c(c1)[nH]c(=O)n2CCc1ccccc1. The number of ether oxygens (including phenoxy) is 1. The van der Waals surface area contributed by atoms with Gasteiger partial charge in [0.2, 0.25) is 0 Å². The molecule has 7 nitrogen and oxygen atoms in total. The highest BCUT2D eigenvalue weighted by Crippen LogP contribution is 2.27. The zero-order valence-electron chi connectivity index (χ0n) is 18.3. The van der Waals surface area contributed by atoms with Crippen molar-refractivity contribution in [1.29, 1.82) is 0 Å². The van der Waals surface area contributed by atoms with Crippen molar-refractivity contribution in [3.8, 4) is 0 Å². The lowest BCUT2D eigenvalue weighted by atomic mass is 10.1. The number of aryl methyl sites for hydroxylation is 2. The molecule has 7 heteroatoms. The fraction of sp³-hybridized carbons (Fsp3) is 0.231. The van der Waals surface area contributed by atoms with Crippen LogP contribution in [0.1, 0.15) is 15.9 Å². The molecule has 2 N–H and O–H groups in total. The first-order chi connectivity index (χ1) is 16.2. The van der Waals surface area contributed by atoms with E-state index in [9.17, 15) is 9.59 Å². The van der Waals surface area contributed by atoms with Crippen LogP contribution in [0, 0.1) is 0 Å². The summed E-state index contributed by atoms with van der Waals surface area (Å²) in [5, 5.41) is 3.04. The molecule has 0 atom stereocenters. The second-order valence-corrected chi connectivity index (χ2v) is 8.12. The number of hydrogen-bond donors (Lipinski definition) is 2. The van der Waals surface area contributed by atoms with Gasteiger partial charge in [-0.05, 0) is 42.3 Å². The molecule has 1 fully saturated rings. The number of aromatic amines is 1. The standard InChI is InChI=1S/C26H26N4O3/c31-25(27-21-8-4-5-9-23(21)29-14-16-33-17-15-29)20-10-11-24-22(18-20)28-26(32)30(24)13-12-19-6-2-1-3-7-19/h1-11,18H,12-17H2,(H,27,31)(H,28,32). The third-order valence-corrected chi connectivity index (χ3v) is 6.01. The number of carbonyl (C=O) groups is 1. The summed E-state index contributed by atoms with van der Waals surface area (Å²) in [6.07, 6.45) is 0.758. The van der Waals surface area contributed by atoms with Gasteiger partial charge in [0.25, 0.3) is 5.91 Å². The Morgan fingerprint density at radius 2 is 1.73 bits per heavy atom. The first-order valence-electron chi connectivity index (χ1n) is 11.2. The lowest BCUT2D eigenvalue weighted by molar-refractivity contribution is 0.102. The number of anilines is 2. The Labute approximate surface area is 191 Å². The number of morpholine rings is 1. The maximum absolute atomic E-state index is 13.0. The molecule has 168 valence electrons. The number of fused-ring (bicyclic) bond motifs is 1. The largest absolute Gasteiger partial charge is 0.378 e. The van der Waals surface area contributed by atoms with Gasteiger partial charge in [0, 0.05) is 25.2 Å². The predicted molar refractivity (Wildman–Crippen MR) is 130 cm³/mol. The van der Waals surface area contributed by atoms with Crippen LogP contribution < -0.4 is 15.9 Å². The van der Waals surface area contributed by atoms with Gasteiger partial charge in [0.1, 0.15) is 0 Å². The number of amides is 1. The molecule has 0 unspecified atom stereocenters. The molecule has 5 rings (SSSR count). The van der Waals surface area contributed by atoms with E-state index in [0.717, 1.165) is 36.4 Å². The minimum atomic E-state index is -0.213. The average Bonchev–Trinajstić information content (AvgIpc) is 3.18. The van der Waals surface area contributed by atoms with Gasteiger partial charge in [-0.15, -0.1) is 0 Å². The minimum absolute atomic E-state index is 0.170. The summed E-state index contributed by atoms with van der Waals surface area (Å²) in [6.45, 7) is 3.50. The van der Waals surface area contributed by atoms with Gasteiger partial charge < -0.3 is 19.9 Å². The number of rotatable bonds is 6. The number of benzene rings is 3. The fourth-order valence-corrected chi connectivity index (χ4v) is 4.27. The first-order valence-corrected chi connectivity index (χ1v) is 11.2. The molecule has 4 aromatic rings. The van der Waals surface area contributed by atoms with E-state index < -0.39 is 0 Å². The van der Waals surface area contributed by atoms with Crippen molar-refractivity contribution in [2.75, 3.05) is 36.5 Å². The highest BCUT2D eigenvalue weighted by atomic mass is 16.5. The summed E-state index contributed by atoms with van der Waals surface area (Å²) in [4.78, 5) is 30.7. The van der Waals surface area contributed by atoms with Gasteiger partial charge in [0.15, 0.2) is 0 Å². The van der Waals surface area contributed by atoms with Crippen LogP contribution in [-0.4, -0.2) is 41.8 Å². The van der Waals surface area contributed by atoms with E-state index in [1.165, 1.54) is 5.56 Å². The van der Waals surface area contributed by atoms with Gasteiger partial charge in [-0.3, -0.25) is 9.36 Å². The molecular formula is C26H26N4O3. The van der Waals surface area contributed by atoms with Crippen molar-refractivity contribution in [2.45, 2.75) is 13.0 Å². The Hall–Kier alpha value is -3.84. The number of nitrogens with one attached hydrogen (secondary N) is 2. The third-order valence-electron chi connectivity index (χ3n) is 6.01. The predicted octanol–water partition coefficient (Wildman–Crippen LogP) is 3.66. The van der Waals surface area contributed by atoms with Crippen molar-refractivity contribution in [1.82, 2.24) is 9.55 Å². The highest BCUT2D eigenvalue weighted by Gasteiger charge is 2.17. The molecular weight excluding hydrogens is 416 g/mol. The van der Waals surface area contributed by atoms with Crippen LogP contribution in [0.15, 0.2) is 77.6 Å². The van der Waals surface area contributed by atoms with Gasteiger partial charge >= 0.3 is 5.69 Å². The molecule has 1 aliphatic heterocycles. The maximum atomic E-state index is 13.0. The molecule has 1 saturated heterocycles. The average molecular weight is 443 g/mol.